The summed E-state index contributed by atoms with van der Waals surface area (Å²) in [4.78, 5) is 33.5. The predicted octanol–water partition coefficient (Wildman–Crippen LogP) is 4.42. The highest BCUT2D eigenvalue weighted by Crippen LogP contribution is 2.42. The Morgan fingerprint density at radius 2 is 1.85 bits per heavy atom. The minimum absolute atomic E-state index is 0.0860. The third-order valence-corrected chi connectivity index (χ3v) is 7.08. The summed E-state index contributed by atoms with van der Waals surface area (Å²) >= 11 is 0. The lowest BCUT2D eigenvalue weighted by Crippen LogP contribution is -2.32. The molecular weight excluding hydrogens is 426 g/mol. The van der Waals surface area contributed by atoms with E-state index in [1.54, 1.807) is 4.90 Å². The van der Waals surface area contributed by atoms with Crippen LogP contribution in [0.2, 0.25) is 0 Å². The number of hydrogen-bond donors (Lipinski definition) is 2. The van der Waals surface area contributed by atoms with Gasteiger partial charge in [0.1, 0.15) is 5.76 Å². The number of amides is 1. The maximum atomic E-state index is 13.3. The Hall–Kier alpha value is -3.38. The van der Waals surface area contributed by atoms with Gasteiger partial charge in [-0.2, -0.15) is 0 Å². The van der Waals surface area contributed by atoms with Gasteiger partial charge in [-0.25, -0.2) is 0 Å². The fourth-order valence-electron chi connectivity index (χ4n) is 5.35. The van der Waals surface area contributed by atoms with Crippen LogP contribution in [0, 0.1) is 0 Å². The van der Waals surface area contributed by atoms with Crippen LogP contribution in [0.25, 0.3) is 16.7 Å². The molecule has 0 bridgehead atoms. The Kier molecular flexibility index (Phi) is 6.00. The summed E-state index contributed by atoms with van der Waals surface area (Å²) < 4.78 is 0. The zero-order valence-corrected chi connectivity index (χ0v) is 19.8. The molecule has 1 fully saturated rings. The van der Waals surface area contributed by atoms with Crippen LogP contribution in [0.3, 0.4) is 0 Å². The van der Waals surface area contributed by atoms with Gasteiger partial charge in [0.2, 0.25) is 0 Å². The molecule has 2 aromatic carbocycles. The van der Waals surface area contributed by atoms with Crippen LogP contribution in [0.1, 0.15) is 47.6 Å². The largest absolute Gasteiger partial charge is 0.507 e. The van der Waals surface area contributed by atoms with Crippen LogP contribution in [0.15, 0.2) is 54.2 Å². The quantitative estimate of drug-likeness (QED) is 0.326. The highest BCUT2D eigenvalue weighted by molar-refractivity contribution is 6.46. The number of nitrogens with zero attached hydrogens (tertiary/aromatic N) is 2. The average molecular weight is 458 g/mol. The molecule has 2 aliphatic rings. The van der Waals surface area contributed by atoms with Crippen LogP contribution in [-0.4, -0.2) is 58.8 Å². The van der Waals surface area contributed by atoms with Gasteiger partial charge in [-0.15, -0.1) is 0 Å². The first-order chi connectivity index (χ1) is 16.5. The molecule has 1 aliphatic heterocycles. The lowest BCUT2D eigenvalue weighted by Gasteiger charge is -2.25. The first kappa shape index (κ1) is 22.4. The number of carbonyl (C=O) groups is 2. The van der Waals surface area contributed by atoms with Crippen LogP contribution >= 0.6 is 0 Å². The van der Waals surface area contributed by atoms with Gasteiger partial charge in [0, 0.05) is 34.8 Å². The van der Waals surface area contributed by atoms with E-state index in [2.05, 4.69) is 16.0 Å². The van der Waals surface area contributed by atoms with E-state index >= 15 is 0 Å². The van der Waals surface area contributed by atoms with Gasteiger partial charge in [0.05, 0.1) is 11.6 Å². The zero-order valence-electron chi connectivity index (χ0n) is 19.8. The Morgan fingerprint density at radius 3 is 2.65 bits per heavy atom. The number of fused-ring (bicyclic) bond motifs is 2. The number of aliphatic hydroxyl groups is 1. The molecule has 2 heterocycles. The third-order valence-electron chi connectivity index (χ3n) is 7.08. The summed E-state index contributed by atoms with van der Waals surface area (Å²) in [6.45, 7) is 1.24. The van der Waals surface area contributed by atoms with E-state index in [0.717, 1.165) is 48.7 Å². The summed E-state index contributed by atoms with van der Waals surface area (Å²) in [6.07, 6.45) is 6.92. The number of nitrogens with one attached hydrogen (secondary N) is 1. The molecule has 1 unspecified atom stereocenters. The van der Waals surface area contributed by atoms with Gasteiger partial charge in [0.15, 0.2) is 0 Å². The summed E-state index contributed by atoms with van der Waals surface area (Å²) in [5, 5.41) is 12.4. The second-order valence-corrected chi connectivity index (χ2v) is 9.63. The van der Waals surface area contributed by atoms with Gasteiger partial charge in [-0.05, 0) is 76.0 Å². The van der Waals surface area contributed by atoms with Crippen molar-refractivity contribution in [2.45, 2.75) is 38.1 Å². The van der Waals surface area contributed by atoms with Crippen LogP contribution in [0.4, 0.5) is 0 Å². The Labute approximate surface area is 199 Å². The molecule has 1 saturated heterocycles. The SMILES string of the molecule is CN(C)CCCN1C(=O)C(=O)/C(=C(/O)c2ccc3c(c2)CCCC3)C1c1c[nH]c2ccccc12. The molecule has 34 heavy (non-hydrogen) atoms. The van der Waals surface area contributed by atoms with Crippen LogP contribution < -0.4 is 0 Å². The predicted molar refractivity (Wildman–Crippen MR) is 134 cm³/mol. The number of aliphatic hydroxyl groups excluding tert-OH is 1. The highest BCUT2D eigenvalue weighted by Gasteiger charge is 2.46. The highest BCUT2D eigenvalue weighted by atomic mass is 16.3. The molecule has 2 N–H and O–H groups in total. The third kappa shape index (κ3) is 3.92. The number of carbonyl (C=O) groups excluding carboxylic acids is 2. The number of rotatable bonds is 6. The van der Waals surface area contributed by atoms with E-state index in [1.165, 1.54) is 17.5 Å². The number of aromatic amines is 1. The lowest BCUT2D eigenvalue weighted by molar-refractivity contribution is -0.139. The van der Waals surface area contributed by atoms with Crippen molar-refractivity contribution in [2.24, 2.45) is 0 Å². The van der Waals surface area contributed by atoms with Crippen molar-refractivity contribution in [1.29, 1.82) is 0 Å². The van der Waals surface area contributed by atoms with E-state index in [1.807, 2.05) is 56.7 Å². The topological polar surface area (TPSA) is 76.6 Å². The summed E-state index contributed by atoms with van der Waals surface area (Å²) in [5.74, 6) is -1.25. The van der Waals surface area contributed by atoms with E-state index < -0.39 is 17.7 Å². The van der Waals surface area contributed by atoms with Gasteiger partial charge in [-0.1, -0.05) is 30.3 Å². The number of benzene rings is 2. The standard InChI is InChI=1S/C28H31N3O3/c1-30(2)14-7-15-31-25(22-17-29-23-11-6-5-10-21(22)23)24(27(33)28(31)34)26(32)20-13-12-18-8-3-4-9-19(18)16-20/h5-6,10-13,16-17,25,29,32H,3-4,7-9,14-15H2,1-2H3/b26-24+. The second kappa shape index (κ2) is 9.11. The smallest absolute Gasteiger partial charge is 0.295 e. The Morgan fingerprint density at radius 1 is 1.09 bits per heavy atom. The molecule has 1 amide bonds. The lowest BCUT2D eigenvalue weighted by atomic mass is 9.88. The van der Waals surface area contributed by atoms with Crippen molar-refractivity contribution in [3.63, 3.8) is 0 Å². The fraction of sp³-hybridized carbons (Fsp3) is 0.357. The molecule has 0 radical (unpaired) electrons. The molecule has 0 spiro atoms. The molecular formula is C28H31N3O3. The van der Waals surface area contributed by atoms with Gasteiger partial charge in [0.25, 0.3) is 11.7 Å². The number of para-hydroxylation sites is 1. The van der Waals surface area contributed by atoms with Crippen molar-refractivity contribution < 1.29 is 14.7 Å². The van der Waals surface area contributed by atoms with E-state index in [0.29, 0.717) is 12.1 Å². The van der Waals surface area contributed by atoms with Crippen molar-refractivity contribution in [2.75, 3.05) is 27.2 Å². The molecule has 5 rings (SSSR count). The number of Topliss-reactive ketones (excluding diaryl/α,β-unsaturated/α-hetero) is 1. The maximum absolute atomic E-state index is 13.3. The van der Waals surface area contributed by atoms with Crippen LogP contribution in [-0.2, 0) is 22.4 Å². The minimum atomic E-state index is -0.630. The zero-order chi connectivity index (χ0) is 23.8. The van der Waals surface area contributed by atoms with Crippen molar-refractivity contribution in [3.05, 3.63) is 76.5 Å². The Balaban J connectivity index is 1.63. The number of H-pyrrole nitrogens is 1. The number of hydrogen-bond acceptors (Lipinski definition) is 4. The number of likely N-dealkylation sites (tertiary alicyclic amines) is 1. The van der Waals surface area contributed by atoms with Gasteiger partial charge >= 0.3 is 0 Å². The molecule has 3 aromatic rings. The number of ketones is 1. The maximum Gasteiger partial charge on any atom is 0.295 e. The first-order valence-electron chi connectivity index (χ1n) is 12.1. The first-order valence-corrected chi connectivity index (χ1v) is 12.1. The van der Waals surface area contributed by atoms with Gasteiger partial charge in [-0.3, -0.25) is 9.59 Å². The molecule has 6 heteroatoms. The van der Waals surface area contributed by atoms with Crippen LogP contribution in [0.5, 0.6) is 0 Å². The molecule has 1 aromatic heterocycles. The molecule has 176 valence electrons. The van der Waals surface area contributed by atoms with E-state index in [9.17, 15) is 14.7 Å². The van der Waals surface area contributed by atoms with Gasteiger partial charge < -0.3 is 19.9 Å². The fourth-order valence-corrected chi connectivity index (χ4v) is 5.35. The Bertz CT molecular complexity index is 1290. The van der Waals surface area contributed by atoms with Crippen molar-refractivity contribution in [1.82, 2.24) is 14.8 Å². The van der Waals surface area contributed by atoms with Crippen molar-refractivity contribution >= 4 is 28.4 Å². The average Bonchev–Trinajstić information content (AvgIpc) is 3.37. The second-order valence-electron chi connectivity index (χ2n) is 9.63. The normalized spacial score (nSPS) is 19.9. The van der Waals surface area contributed by atoms with E-state index in [4.69, 9.17) is 0 Å². The number of aryl methyl sites for hydroxylation is 2. The summed E-state index contributed by atoms with van der Waals surface area (Å²) in [7, 11) is 3.97. The number of aromatic nitrogens is 1. The summed E-state index contributed by atoms with van der Waals surface area (Å²) in [5.41, 5.74) is 5.08. The molecule has 6 nitrogen and oxygen atoms in total. The monoisotopic (exact) mass is 457 g/mol. The molecule has 0 saturated carbocycles. The van der Waals surface area contributed by atoms with Crippen molar-refractivity contribution in [3.8, 4) is 0 Å². The summed E-state index contributed by atoms with van der Waals surface area (Å²) in [6, 6.07) is 13.2. The minimum Gasteiger partial charge on any atom is -0.507 e. The molecule has 1 atom stereocenters. The molecule has 1 aliphatic carbocycles. The van der Waals surface area contributed by atoms with E-state index in [-0.39, 0.29) is 11.3 Å².